The van der Waals surface area contributed by atoms with Gasteiger partial charge in [0.1, 0.15) is 10.2 Å². The third kappa shape index (κ3) is 5.86. The molecule has 0 unspecified atom stereocenters. The maximum absolute atomic E-state index is 6.38. The van der Waals surface area contributed by atoms with E-state index in [1.807, 2.05) is 12.1 Å². The maximum Gasteiger partial charge on any atom is 0.160 e. The van der Waals surface area contributed by atoms with Crippen LogP contribution in [-0.4, -0.2) is 0 Å². The minimum absolute atomic E-state index is 0.505. The van der Waals surface area contributed by atoms with Gasteiger partial charge in [0.25, 0.3) is 0 Å². The lowest BCUT2D eigenvalue weighted by Crippen LogP contribution is -1.97. The molecule has 3 aromatic carbocycles. The van der Waals surface area contributed by atoms with Crippen LogP contribution in [0.15, 0.2) is 65.8 Å². The predicted molar refractivity (Wildman–Crippen MR) is 172 cm³/mol. The molecule has 0 spiro atoms. The molecule has 0 aromatic heterocycles. The smallest absolute Gasteiger partial charge is 0.160 e. The molecule has 0 aliphatic carbocycles. The molecule has 0 radical (unpaired) electrons. The van der Waals surface area contributed by atoms with E-state index >= 15 is 0 Å². The molecular formula is C18H2Br12O2. The summed E-state index contributed by atoms with van der Waals surface area (Å²) in [6, 6.07) is 3.74. The molecule has 3 rings (SSSR count). The Morgan fingerprint density at radius 3 is 1.22 bits per heavy atom. The Labute approximate surface area is 284 Å². The van der Waals surface area contributed by atoms with Crippen LogP contribution in [0.1, 0.15) is 0 Å². The van der Waals surface area contributed by atoms with Gasteiger partial charge in [0, 0.05) is 13.4 Å². The molecule has 3 aromatic rings. The van der Waals surface area contributed by atoms with Gasteiger partial charge in [0.2, 0.25) is 0 Å². The van der Waals surface area contributed by atoms with Crippen LogP contribution in [0.4, 0.5) is 0 Å². The highest BCUT2D eigenvalue weighted by Gasteiger charge is 2.26. The molecule has 0 N–H and O–H groups in total. The zero-order valence-corrected chi connectivity index (χ0v) is 33.5. The number of halogens is 12. The SMILES string of the molecule is Brc1ccc(Oc2c(Br)c(Br)c(Br)c(Oc3c(Br)c(Br)c(Br)c(Br)c3Br)c2Br)c(Br)c1Br. The third-order valence-electron chi connectivity index (χ3n) is 3.77. The van der Waals surface area contributed by atoms with Gasteiger partial charge in [0.15, 0.2) is 17.2 Å². The van der Waals surface area contributed by atoms with Crippen molar-refractivity contribution in [1.29, 1.82) is 0 Å². The van der Waals surface area contributed by atoms with Gasteiger partial charge in [0.05, 0.1) is 35.8 Å². The van der Waals surface area contributed by atoms with E-state index in [1.165, 1.54) is 0 Å². The summed E-state index contributed by atoms with van der Waals surface area (Å²) < 4.78 is 21.7. The van der Waals surface area contributed by atoms with Crippen LogP contribution in [0, 0.1) is 0 Å². The largest absolute Gasteiger partial charge is 0.454 e. The molecule has 0 atom stereocenters. The highest BCUT2D eigenvalue weighted by Crippen LogP contribution is 2.56. The Bertz CT molecular complexity index is 1230. The van der Waals surface area contributed by atoms with Crippen LogP contribution >= 0.6 is 191 Å². The average Bonchev–Trinajstić information content (AvgIpc) is 2.77. The minimum atomic E-state index is 0.505. The van der Waals surface area contributed by atoms with Gasteiger partial charge in [-0.1, -0.05) is 0 Å². The van der Waals surface area contributed by atoms with Crippen molar-refractivity contribution in [2.75, 3.05) is 0 Å². The standard InChI is InChI=1S/C18H2Br12O2/c19-3-1-2-4(6(21)5(3)20)31-17-13(28)10(25)14(29)18(15(17)30)32-16-11(26)8(23)7(22)9(24)12(16)27/h1-2H. The third-order valence-corrected chi connectivity index (χ3v) is 17.2. The summed E-state index contributed by atoms with van der Waals surface area (Å²) in [6.45, 7) is 0. The first-order chi connectivity index (χ1) is 14.9. The number of rotatable bonds is 4. The Hall–Kier alpha value is 3.02. The van der Waals surface area contributed by atoms with Crippen molar-refractivity contribution in [2.24, 2.45) is 0 Å². The molecule has 0 bridgehead atoms. The van der Waals surface area contributed by atoms with Crippen LogP contribution in [0.2, 0.25) is 0 Å². The number of hydrogen-bond donors (Lipinski definition) is 0. The Morgan fingerprint density at radius 1 is 0.344 bits per heavy atom. The van der Waals surface area contributed by atoms with E-state index in [-0.39, 0.29) is 0 Å². The van der Waals surface area contributed by atoms with Gasteiger partial charge < -0.3 is 9.47 Å². The maximum atomic E-state index is 6.38. The molecule has 0 aliphatic heterocycles. The van der Waals surface area contributed by atoms with Gasteiger partial charge in [-0.05, 0) is 203 Å². The lowest BCUT2D eigenvalue weighted by atomic mass is 10.3. The van der Waals surface area contributed by atoms with Gasteiger partial charge in [-0.15, -0.1) is 0 Å². The summed E-state index contributed by atoms with van der Waals surface area (Å²) in [4.78, 5) is 0. The summed E-state index contributed by atoms with van der Waals surface area (Å²) in [5.74, 6) is 2.19. The van der Waals surface area contributed by atoms with Crippen molar-refractivity contribution >= 4 is 191 Å². The molecule has 14 heteroatoms. The lowest BCUT2D eigenvalue weighted by molar-refractivity contribution is 0.445. The molecular weight excluding hydrogens is 1210 g/mol. The van der Waals surface area contributed by atoms with Crippen molar-refractivity contribution in [3.8, 4) is 23.0 Å². The summed E-state index contributed by atoms with van der Waals surface area (Å²) in [5, 5.41) is 0. The summed E-state index contributed by atoms with van der Waals surface area (Å²) in [6.07, 6.45) is 0. The van der Waals surface area contributed by atoms with Gasteiger partial charge in [-0.2, -0.15) is 0 Å². The van der Waals surface area contributed by atoms with Crippen LogP contribution in [0.25, 0.3) is 0 Å². The van der Waals surface area contributed by atoms with E-state index in [0.717, 1.165) is 40.3 Å². The predicted octanol–water partition coefficient (Wildman–Crippen LogP) is 14.4. The molecule has 0 fully saturated rings. The normalized spacial score (nSPS) is 11.1. The van der Waals surface area contributed by atoms with Crippen LogP contribution in [-0.2, 0) is 0 Å². The first-order valence-corrected chi connectivity index (χ1v) is 17.3. The highest BCUT2D eigenvalue weighted by atomic mass is 79.9. The second-order valence-corrected chi connectivity index (χ2v) is 15.3. The van der Waals surface area contributed by atoms with Crippen molar-refractivity contribution in [3.63, 3.8) is 0 Å². The lowest BCUT2D eigenvalue weighted by Gasteiger charge is -2.20. The fourth-order valence-corrected chi connectivity index (χ4v) is 9.44. The van der Waals surface area contributed by atoms with Gasteiger partial charge in [-0.3, -0.25) is 0 Å². The van der Waals surface area contributed by atoms with E-state index < -0.39 is 0 Å². The van der Waals surface area contributed by atoms with Crippen molar-refractivity contribution in [1.82, 2.24) is 0 Å². The van der Waals surface area contributed by atoms with E-state index in [0.29, 0.717) is 36.4 Å². The Kier molecular flexibility index (Phi) is 11.3. The molecule has 0 saturated carbocycles. The average molecular weight is 1210 g/mol. The van der Waals surface area contributed by atoms with Crippen molar-refractivity contribution in [2.45, 2.75) is 0 Å². The fraction of sp³-hybridized carbons (Fsp3) is 0. The van der Waals surface area contributed by atoms with Crippen LogP contribution in [0.5, 0.6) is 23.0 Å². The zero-order valence-electron chi connectivity index (χ0n) is 14.5. The summed E-state index contributed by atoms with van der Waals surface area (Å²) in [7, 11) is 0. The highest BCUT2D eigenvalue weighted by molar-refractivity contribution is 9.16. The molecule has 0 saturated heterocycles. The number of hydrogen-bond acceptors (Lipinski definition) is 2. The molecule has 0 amide bonds. The Morgan fingerprint density at radius 2 is 0.719 bits per heavy atom. The second kappa shape index (κ2) is 12.3. The number of benzene rings is 3. The zero-order chi connectivity index (χ0) is 24.1. The topological polar surface area (TPSA) is 18.5 Å². The van der Waals surface area contributed by atoms with Gasteiger partial charge >= 0.3 is 0 Å². The number of ether oxygens (including phenoxy) is 2. The first-order valence-electron chi connectivity index (χ1n) is 7.74. The van der Waals surface area contributed by atoms with E-state index in [1.54, 1.807) is 0 Å². The van der Waals surface area contributed by atoms with Crippen LogP contribution < -0.4 is 9.47 Å². The van der Waals surface area contributed by atoms with E-state index in [4.69, 9.17) is 9.47 Å². The van der Waals surface area contributed by atoms with Crippen LogP contribution in [0.3, 0.4) is 0 Å². The summed E-state index contributed by atoms with van der Waals surface area (Å²) >= 11 is 43.0. The van der Waals surface area contributed by atoms with E-state index in [2.05, 4.69) is 191 Å². The molecule has 170 valence electrons. The van der Waals surface area contributed by atoms with Crippen molar-refractivity contribution < 1.29 is 9.47 Å². The molecule has 2 nitrogen and oxygen atoms in total. The Balaban J connectivity index is 2.19. The summed E-state index contributed by atoms with van der Waals surface area (Å²) in [5.41, 5.74) is 0. The molecule has 32 heavy (non-hydrogen) atoms. The monoisotopic (exact) mass is 1200 g/mol. The van der Waals surface area contributed by atoms with Crippen molar-refractivity contribution in [3.05, 3.63) is 65.8 Å². The quantitative estimate of drug-likeness (QED) is 0.191. The first kappa shape index (κ1) is 29.6. The fourth-order valence-electron chi connectivity index (χ4n) is 2.24. The molecule has 0 aliphatic rings. The minimum Gasteiger partial charge on any atom is -0.454 e. The van der Waals surface area contributed by atoms with E-state index in [9.17, 15) is 0 Å². The van der Waals surface area contributed by atoms with Gasteiger partial charge in [-0.25, -0.2) is 0 Å². The second-order valence-electron chi connectivity index (χ2n) is 5.69. The molecule has 0 heterocycles.